The van der Waals surface area contributed by atoms with Gasteiger partial charge in [0.25, 0.3) is 0 Å². The van der Waals surface area contributed by atoms with Crippen LogP contribution in [0, 0.1) is 0 Å². The molecule has 0 heterocycles. The van der Waals surface area contributed by atoms with E-state index < -0.39 is 7.32 Å². The molecule has 0 bridgehead atoms. The number of hydrogen-bond donors (Lipinski definition) is 12. The molecular formula is H18BN9O3. The van der Waals surface area contributed by atoms with Crippen molar-refractivity contribution in [1.82, 2.24) is 16.6 Å². The standard InChI is InChI=1S/BH3O3.3H5N3/c2-1(3)4;3*1-3-2/h2-4H;3*3H,1-2H2. The Morgan fingerprint density at radius 3 is 0.615 bits per heavy atom. The van der Waals surface area contributed by atoms with Crippen LogP contribution < -0.4 is 51.7 Å². The Morgan fingerprint density at radius 1 is 0.615 bits per heavy atom. The lowest BCUT2D eigenvalue weighted by Crippen LogP contribution is -2.29. The molecule has 0 radical (unpaired) electrons. The molecule has 0 saturated heterocycles. The first-order chi connectivity index (χ1) is 5.97. The fraction of sp³-hybridized carbons (Fsp3) is 0. The fourth-order valence-electron chi connectivity index (χ4n) is 0. The van der Waals surface area contributed by atoms with Crippen LogP contribution in [0.25, 0.3) is 0 Å². The minimum absolute atomic E-state index is 1.75. The summed E-state index contributed by atoms with van der Waals surface area (Å²) in [4.78, 5) is 0. The summed E-state index contributed by atoms with van der Waals surface area (Å²) >= 11 is 0. The Morgan fingerprint density at radius 2 is 0.615 bits per heavy atom. The largest absolute Gasteiger partial charge is 0.631 e. The van der Waals surface area contributed by atoms with Crippen LogP contribution >= 0.6 is 0 Å². The van der Waals surface area contributed by atoms with Gasteiger partial charge in [-0.1, -0.05) is 0 Å². The van der Waals surface area contributed by atoms with Gasteiger partial charge in [-0.3, -0.25) is 35.1 Å². The molecule has 0 spiro atoms. The SMILES string of the molecule is NNN.NNN.NNN.OB(O)O. The number of rotatable bonds is 0. The van der Waals surface area contributed by atoms with E-state index in [1.54, 1.807) is 16.6 Å². The van der Waals surface area contributed by atoms with Crippen LogP contribution in [-0.2, 0) is 0 Å². The van der Waals surface area contributed by atoms with Gasteiger partial charge < -0.3 is 15.1 Å². The molecule has 0 rings (SSSR count). The Balaban J connectivity index is -0.0000000420. The van der Waals surface area contributed by atoms with Gasteiger partial charge in [-0.15, -0.1) is 0 Å². The van der Waals surface area contributed by atoms with Gasteiger partial charge in [0.05, 0.1) is 0 Å². The lowest BCUT2D eigenvalue weighted by molar-refractivity contribution is 0.278. The molecule has 13 heavy (non-hydrogen) atoms. The van der Waals surface area contributed by atoms with Gasteiger partial charge in [0.1, 0.15) is 0 Å². The summed E-state index contributed by atoms with van der Waals surface area (Å²) in [6.07, 6.45) is 0. The highest BCUT2D eigenvalue weighted by molar-refractivity contribution is 6.30. The van der Waals surface area contributed by atoms with Crippen molar-refractivity contribution in [3.05, 3.63) is 0 Å². The second-order valence-electron chi connectivity index (χ2n) is 0.846. The van der Waals surface area contributed by atoms with Gasteiger partial charge in [0, 0.05) is 0 Å². The quantitative estimate of drug-likeness (QED) is 0.0994. The highest BCUT2D eigenvalue weighted by Gasteiger charge is 1.92. The third-order valence-corrected chi connectivity index (χ3v) is 0. The van der Waals surface area contributed by atoms with Crippen LogP contribution in [0.15, 0.2) is 0 Å². The van der Waals surface area contributed by atoms with E-state index in [1.165, 1.54) is 0 Å². The summed E-state index contributed by atoms with van der Waals surface area (Å²) in [5.74, 6) is 26.2. The molecule has 0 aromatic rings. The Labute approximate surface area is 75.2 Å². The summed E-state index contributed by atoms with van der Waals surface area (Å²) in [7, 11) is -2.17. The molecular weight excluding hydrogens is 185 g/mol. The highest BCUT2D eigenvalue weighted by Crippen LogP contribution is 1.40. The monoisotopic (exact) mass is 203 g/mol. The molecule has 0 atom stereocenters. The first-order valence-corrected chi connectivity index (χ1v) is 2.51. The average Bonchev–Trinajstić information content (AvgIpc) is 1.88. The maximum absolute atomic E-state index is 7.17. The Hall–Kier alpha value is -0.415. The minimum Gasteiger partial charge on any atom is -0.402 e. The maximum Gasteiger partial charge on any atom is 0.631 e. The lowest BCUT2D eigenvalue weighted by Gasteiger charge is -1.69. The molecule has 0 unspecified atom stereocenters. The topological polar surface area (TPSA) is 253 Å². The molecule has 0 aromatic heterocycles. The zero-order valence-corrected chi connectivity index (χ0v) is 6.88. The zero-order chi connectivity index (χ0) is 11.7. The van der Waals surface area contributed by atoms with E-state index in [0.717, 1.165) is 0 Å². The van der Waals surface area contributed by atoms with Gasteiger partial charge in [-0.2, -0.15) is 16.6 Å². The molecule has 0 aliphatic carbocycles. The van der Waals surface area contributed by atoms with Crippen LogP contribution in [0.3, 0.4) is 0 Å². The predicted molar refractivity (Wildman–Crippen MR) is 46.9 cm³/mol. The van der Waals surface area contributed by atoms with Gasteiger partial charge >= 0.3 is 7.32 Å². The van der Waals surface area contributed by atoms with Crippen LogP contribution in [0.4, 0.5) is 0 Å². The number of nitrogens with two attached hydrogens (primary N) is 6. The van der Waals surface area contributed by atoms with Crippen molar-refractivity contribution >= 4 is 7.32 Å². The molecule has 0 aliphatic heterocycles. The van der Waals surface area contributed by atoms with E-state index in [1.807, 2.05) is 0 Å². The van der Waals surface area contributed by atoms with Crippen molar-refractivity contribution < 1.29 is 15.1 Å². The molecule has 0 amide bonds. The van der Waals surface area contributed by atoms with Crippen molar-refractivity contribution in [2.24, 2.45) is 35.1 Å². The van der Waals surface area contributed by atoms with Crippen molar-refractivity contribution in [2.45, 2.75) is 0 Å². The third kappa shape index (κ3) is 6180. The van der Waals surface area contributed by atoms with Gasteiger partial charge in [-0.25, -0.2) is 0 Å². The maximum atomic E-state index is 7.17. The molecule has 0 saturated carbocycles. The van der Waals surface area contributed by atoms with Gasteiger partial charge in [0.2, 0.25) is 0 Å². The number of hydrazine groups is 6. The van der Waals surface area contributed by atoms with E-state index in [9.17, 15) is 0 Å². The summed E-state index contributed by atoms with van der Waals surface area (Å²) < 4.78 is 0. The summed E-state index contributed by atoms with van der Waals surface area (Å²) in [5, 5.41) is 21.5. The molecule has 18 N–H and O–H groups in total. The second kappa shape index (κ2) is 41.6. The van der Waals surface area contributed by atoms with Gasteiger partial charge in [-0.05, 0) is 0 Å². The molecule has 13 heteroatoms. The van der Waals surface area contributed by atoms with E-state index >= 15 is 0 Å². The van der Waals surface area contributed by atoms with E-state index in [-0.39, 0.29) is 0 Å². The Kier molecular flexibility index (Phi) is 73.4. The summed E-state index contributed by atoms with van der Waals surface area (Å²) in [6.45, 7) is 0. The zero-order valence-electron chi connectivity index (χ0n) is 6.88. The van der Waals surface area contributed by atoms with E-state index in [0.29, 0.717) is 0 Å². The normalized spacial score (nSPS) is 6.23. The van der Waals surface area contributed by atoms with E-state index in [4.69, 9.17) is 15.1 Å². The fourth-order valence-corrected chi connectivity index (χ4v) is 0. The van der Waals surface area contributed by atoms with Crippen LogP contribution in [0.5, 0.6) is 0 Å². The van der Waals surface area contributed by atoms with Crippen LogP contribution in [0.2, 0.25) is 0 Å². The first kappa shape index (κ1) is 22.9. The molecule has 0 aliphatic rings. The molecule has 0 aromatic carbocycles. The van der Waals surface area contributed by atoms with Crippen molar-refractivity contribution in [1.29, 1.82) is 0 Å². The van der Waals surface area contributed by atoms with Crippen molar-refractivity contribution in [3.63, 3.8) is 0 Å². The van der Waals surface area contributed by atoms with Crippen LogP contribution in [0.1, 0.15) is 0 Å². The average molecular weight is 203 g/mol. The summed E-state index contributed by atoms with van der Waals surface area (Å²) in [5.41, 5.74) is 5.25. The number of hydrogen-bond acceptors (Lipinski definition) is 12. The predicted octanol–water partition coefficient (Wildman–Crippen LogP) is -7.08. The van der Waals surface area contributed by atoms with Crippen molar-refractivity contribution in [3.8, 4) is 0 Å². The van der Waals surface area contributed by atoms with Gasteiger partial charge in [0.15, 0.2) is 0 Å². The summed E-state index contributed by atoms with van der Waals surface area (Å²) in [6, 6.07) is 0. The van der Waals surface area contributed by atoms with E-state index in [2.05, 4.69) is 35.1 Å². The first-order valence-electron chi connectivity index (χ1n) is 2.51. The van der Waals surface area contributed by atoms with Crippen LogP contribution in [-0.4, -0.2) is 22.4 Å². The number of nitrogens with one attached hydrogen (secondary N) is 3. The lowest BCUT2D eigenvalue weighted by atomic mass is 10.3. The second-order valence-corrected chi connectivity index (χ2v) is 0.846. The minimum atomic E-state index is -2.17. The van der Waals surface area contributed by atoms with Crippen molar-refractivity contribution in [2.75, 3.05) is 0 Å². The molecule has 84 valence electrons. The molecule has 12 nitrogen and oxygen atoms in total. The molecule has 0 fully saturated rings. The Bertz CT molecular complexity index is 36.3. The smallest absolute Gasteiger partial charge is 0.402 e. The highest BCUT2D eigenvalue weighted by atomic mass is 16.5. The third-order valence-electron chi connectivity index (χ3n) is 0.